The van der Waals surface area contributed by atoms with Gasteiger partial charge in [-0.3, -0.25) is 9.59 Å². The van der Waals surface area contributed by atoms with Crippen molar-refractivity contribution in [3.05, 3.63) is 35.4 Å². The molecule has 0 saturated carbocycles. The van der Waals surface area contributed by atoms with E-state index in [0.29, 0.717) is 26.1 Å². The van der Waals surface area contributed by atoms with Gasteiger partial charge in [-0.25, -0.2) is 4.79 Å². The lowest BCUT2D eigenvalue weighted by molar-refractivity contribution is -0.137. The zero-order valence-corrected chi connectivity index (χ0v) is 13.6. The largest absolute Gasteiger partial charge is 0.481 e. The maximum absolute atomic E-state index is 12.1. The lowest BCUT2D eigenvalue weighted by Crippen LogP contribution is -2.43. The van der Waals surface area contributed by atoms with Crippen LogP contribution in [0, 0.1) is 0 Å². The molecule has 1 aliphatic rings. The molecule has 0 aliphatic carbocycles. The molecule has 3 N–H and O–H groups in total. The third kappa shape index (κ3) is 5.57. The lowest BCUT2D eigenvalue weighted by Gasteiger charge is -2.28. The molecule has 0 spiro atoms. The van der Waals surface area contributed by atoms with Crippen molar-refractivity contribution in [2.75, 3.05) is 19.6 Å². The number of rotatable bonds is 7. The van der Waals surface area contributed by atoms with Crippen molar-refractivity contribution in [1.29, 1.82) is 0 Å². The van der Waals surface area contributed by atoms with E-state index in [0.717, 1.165) is 12.0 Å². The molecule has 7 heteroatoms. The fourth-order valence-corrected chi connectivity index (χ4v) is 2.62. The number of carbonyl (C=O) groups is 3. The summed E-state index contributed by atoms with van der Waals surface area (Å²) < 4.78 is 0. The van der Waals surface area contributed by atoms with Crippen molar-refractivity contribution in [1.82, 2.24) is 15.5 Å². The minimum atomic E-state index is -0.875. The lowest BCUT2D eigenvalue weighted by atomic mass is 10.0. The highest BCUT2D eigenvalue weighted by atomic mass is 16.4. The van der Waals surface area contributed by atoms with E-state index in [9.17, 15) is 14.4 Å². The first-order chi connectivity index (χ1) is 11.6. The van der Waals surface area contributed by atoms with Crippen molar-refractivity contribution in [3.63, 3.8) is 0 Å². The number of carboxylic acids is 1. The SMILES string of the molecule is O=C(O)CCCNC(=O)CCNC(=O)N1CCc2ccccc2C1. The van der Waals surface area contributed by atoms with Gasteiger partial charge in [-0.05, 0) is 24.0 Å². The molecule has 0 bridgehead atoms. The molecule has 0 aromatic heterocycles. The van der Waals surface area contributed by atoms with Gasteiger partial charge < -0.3 is 20.6 Å². The molecule has 2 rings (SSSR count). The van der Waals surface area contributed by atoms with Crippen molar-refractivity contribution < 1.29 is 19.5 Å². The maximum Gasteiger partial charge on any atom is 0.317 e. The number of fused-ring (bicyclic) bond motifs is 1. The van der Waals surface area contributed by atoms with E-state index in [2.05, 4.69) is 16.7 Å². The molecular formula is C17H23N3O4. The number of urea groups is 1. The minimum absolute atomic E-state index is 0.0352. The second-order valence-corrected chi connectivity index (χ2v) is 5.77. The Labute approximate surface area is 141 Å². The maximum atomic E-state index is 12.1. The smallest absolute Gasteiger partial charge is 0.317 e. The predicted octanol–water partition coefficient (Wildman–Crippen LogP) is 1.13. The number of aliphatic carboxylic acids is 1. The number of carboxylic acid groups (broad SMARTS) is 1. The summed E-state index contributed by atoms with van der Waals surface area (Å²) in [6, 6.07) is 7.92. The van der Waals surface area contributed by atoms with Gasteiger partial charge >= 0.3 is 12.0 Å². The van der Waals surface area contributed by atoms with E-state index in [-0.39, 0.29) is 31.3 Å². The van der Waals surface area contributed by atoms with Gasteiger partial charge in [-0.15, -0.1) is 0 Å². The van der Waals surface area contributed by atoms with Crippen LogP contribution < -0.4 is 10.6 Å². The van der Waals surface area contributed by atoms with Gasteiger partial charge in [0.1, 0.15) is 0 Å². The molecule has 130 valence electrons. The number of hydrogen-bond donors (Lipinski definition) is 3. The van der Waals surface area contributed by atoms with Crippen LogP contribution in [0.2, 0.25) is 0 Å². The number of carbonyl (C=O) groups excluding carboxylic acids is 2. The molecule has 0 unspecified atom stereocenters. The number of hydrogen-bond acceptors (Lipinski definition) is 3. The van der Waals surface area contributed by atoms with Crippen LogP contribution in [0.25, 0.3) is 0 Å². The van der Waals surface area contributed by atoms with E-state index in [1.807, 2.05) is 18.2 Å². The van der Waals surface area contributed by atoms with Gasteiger partial charge in [0.15, 0.2) is 0 Å². The topological polar surface area (TPSA) is 98.7 Å². The number of benzene rings is 1. The molecule has 24 heavy (non-hydrogen) atoms. The summed E-state index contributed by atoms with van der Waals surface area (Å²) in [5.74, 6) is -1.07. The zero-order valence-electron chi connectivity index (χ0n) is 13.6. The molecule has 0 fully saturated rings. The monoisotopic (exact) mass is 333 g/mol. The van der Waals surface area contributed by atoms with Crippen LogP contribution >= 0.6 is 0 Å². The molecule has 1 aliphatic heterocycles. The Balaban J connectivity index is 1.63. The third-order valence-electron chi connectivity index (χ3n) is 3.94. The summed E-state index contributed by atoms with van der Waals surface area (Å²) in [5, 5.41) is 13.9. The zero-order chi connectivity index (χ0) is 17.4. The standard InChI is InChI=1S/C17H23N3O4/c21-15(18-9-3-6-16(22)23)7-10-19-17(24)20-11-8-13-4-1-2-5-14(13)12-20/h1-2,4-5H,3,6-12H2,(H,18,21)(H,19,24)(H,22,23). The number of nitrogens with one attached hydrogen (secondary N) is 2. The second-order valence-electron chi connectivity index (χ2n) is 5.77. The van der Waals surface area contributed by atoms with Crippen LogP contribution in [0.3, 0.4) is 0 Å². The van der Waals surface area contributed by atoms with Crippen molar-refractivity contribution >= 4 is 17.9 Å². The summed E-state index contributed by atoms with van der Waals surface area (Å²) in [7, 11) is 0. The Hall–Kier alpha value is -2.57. The van der Waals surface area contributed by atoms with E-state index >= 15 is 0 Å². The Morgan fingerprint density at radius 3 is 2.54 bits per heavy atom. The fourth-order valence-electron chi connectivity index (χ4n) is 2.62. The number of nitrogens with zero attached hydrogens (tertiary/aromatic N) is 1. The molecule has 3 amide bonds. The van der Waals surface area contributed by atoms with Gasteiger partial charge in [0.25, 0.3) is 0 Å². The van der Waals surface area contributed by atoms with Crippen molar-refractivity contribution in [3.8, 4) is 0 Å². The predicted molar refractivity (Wildman–Crippen MR) is 88.5 cm³/mol. The van der Waals surface area contributed by atoms with Gasteiger partial charge in [0.2, 0.25) is 5.91 Å². The Bertz CT molecular complexity index is 603. The highest BCUT2D eigenvalue weighted by molar-refractivity contribution is 5.78. The van der Waals surface area contributed by atoms with Crippen LogP contribution in [0.1, 0.15) is 30.4 Å². The first-order valence-electron chi connectivity index (χ1n) is 8.14. The van der Waals surface area contributed by atoms with Crippen LogP contribution in [0.4, 0.5) is 4.79 Å². The Kier molecular flexibility index (Phi) is 6.60. The van der Waals surface area contributed by atoms with Gasteiger partial charge in [0.05, 0.1) is 0 Å². The summed E-state index contributed by atoms with van der Waals surface area (Å²) in [5.41, 5.74) is 2.44. The summed E-state index contributed by atoms with van der Waals surface area (Å²) in [6.45, 7) is 1.86. The van der Waals surface area contributed by atoms with Gasteiger partial charge in [-0.2, -0.15) is 0 Å². The molecular weight excluding hydrogens is 310 g/mol. The first-order valence-corrected chi connectivity index (χ1v) is 8.14. The highest BCUT2D eigenvalue weighted by Crippen LogP contribution is 2.18. The molecule has 1 heterocycles. The molecule has 0 radical (unpaired) electrons. The summed E-state index contributed by atoms with van der Waals surface area (Å²) >= 11 is 0. The van der Waals surface area contributed by atoms with Crippen molar-refractivity contribution in [2.24, 2.45) is 0 Å². The molecule has 1 aromatic carbocycles. The van der Waals surface area contributed by atoms with E-state index in [1.54, 1.807) is 4.90 Å². The third-order valence-corrected chi connectivity index (χ3v) is 3.94. The van der Waals surface area contributed by atoms with Crippen LogP contribution in [-0.4, -0.2) is 47.5 Å². The minimum Gasteiger partial charge on any atom is -0.481 e. The van der Waals surface area contributed by atoms with Gasteiger partial charge in [-0.1, -0.05) is 24.3 Å². The summed E-state index contributed by atoms with van der Waals surface area (Å²) in [6.07, 6.45) is 1.46. The fraction of sp³-hybridized carbons (Fsp3) is 0.471. The average Bonchev–Trinajstić information content (AvgIpc) is 2.58. The first kappa shape index (κ1) is 17.8. The van der Waals surface area contributed by atoms with Crippen LogP contribution in [0.5, 0.6) is 0 Å². The van der Waals surface area contributed by atoms with E-state index in [1.165, 1.54) is 5.56 Å². The van der Waals surface area contributed by atoms with Gasteiger partial charge in [0, 0.05) is 39.0 Å². The van der Waals surface area contributed by atoms with Crippen LogP contribution in [0.15, 0.2) is 24.3 Å². The quantitative estimate of drug-likeness (QED) is 0.651. The second kappa shape index (κ2) is 8.90. The van der Waals surface area contributed by atoms with Crippen molar-refractivity contribution in [2.45, 2.75) is 32.2 Å². The Morgan fingerprint density at radius 2 is 1.79 bits per heavy atom. The average molecular weight is 333 g/mol. The molecule has 0 saturated heterocycles. The molecule has 1 aromatic rings. The van der Waals surface area contributed by atoms with E-state index < -0.39 is 5.97 Å². The summed E-state index contributed by atoms with van der Waals surface area (Å²) in [4.78, 5) is 35.8. The molecule has 0 atom stereocenters. The normalized spacial score (nSPS) is 13.1. The number of amides is 3. The van der Waals surface area contributed by atoms with Crippen LogP contribution in [-0.2, 0) is 22.6 Å². The molecule has 7 nitrogen and oxygen atoms in total. The van der Waals surface area contributed by atoms with E-state index in [4.69, 9.17) is 5.11 Å². The highest BCUT2D eigenvalue weighted by Gasteiger charge is 2.19. The Morgan fingerprint density at radius 1 is 1.04 bits per heavy atom.